The zero-order chi connectivity index (χ0) is 10.1. The van der Waals surface area contributed by atoms with Crippen LogP contribution in [-0.4, -0.2) is 10.2 Å². The van der Waals surface area contributed by atoms with Crippen molar-refractivity contribution in [3.63, 3.8) is 0 Å². The summed E-state index contributed by atoms with van der Waals surface area (Å²) < 4.78 is 0. The molecule has 2 rings (SSSR count). The summed E-state index contributed by atoms with van der Waals surface area (Å²) in [4.78, 5) is 0. The summed E-state index contributed by atoms with van der Waals surface area (Å²) in [5.74, 6) is 0.312. The number of nitrogens with two attached hydrogens (primary N) is 1. The van der Waals surface area contributed by atoms with Gasteiger partial charge in [-0.05, 0) is 24.8 Å². The quantitative estimate of drug-likeness (QED) is 0.682. The second-order valence-corrected chi connectivity index (χ2v) is 3.93. The lowest BCUT2D eigenvalue weighted by Gasteiger charge is -2.31. The maximum atomic E-state index is 9.61. The minimum atomic E-state index is -0.143. The maximum absolute atomic E-state index is 9.61. The summed E-state index contributed by atoms with van der Waals surface area (Å²) in [7, 11) is 0. The van der Waals surface area contributed by atoms with E-state index in [4.69, 9.17) is 5.73 Å². The molecule has 1 aromatic carbocycles. The smallest absolute Gasteiger partial charge is 0.162 e. The van der Waals surface area contributed by atoms with Gasteiger partial charge in [0.1, 0.15) is 0 Å². The van der Waals surface area contributed by atoms with Gasteiger partial charge in [0.25, 0.3) is 0 Å². The number of rotatable bonds is 2. The normalized spacial score (nSPS) is 17.7. The van der Waals surface area contributed by atoms with E-state index in [0.29, 0.717) is 11.5 Å². The van der Waals surface area contributed by atoms with Gasteiger partial charge in [-0.25, -0.2) is 0 Å². The van der Waals surface area contributed by atoms with Crippen LogP contribution < -0.4 is 5.73 Å². The van der Waals surface area contributed by atoms with Crippen molar-refractivity contribution in [1.82, 2.24) is 0 Å². The molecular weight excluding hydrogens is 214 g/mol. The van der Waals surface area contributed by atoms with Crippen molar-refractivity contribution in [3.8, 4) is 11.5 Å². The summed E-state index contributed by atoms with van der Waals surface area (Å²) in [5.41, 5.74) is 6.66. The van der Waals surface area contributed by atoms with E-state index in [2.05, 4.69) is 0 Å². The van der Waals surface area contributed by atoms with Gasteiger partial charge in [-0.3, -0.25) is 0 Å². The van der Waals surface area contributed by atoms with E-state index >= 15 is 0 Å². The molecule has 1 aliphatic carbocycles. The summed E-state index contributed by atoms with van der Waals surface area (Å²) in [6, 6.07) is 4.81. The molecule has 0 unspecified atom stereocenters. The van der Waals surface area contributed by atoms with E-state index in [-0.39, 0.29) is 29.9 Å². The topological polar surface area (TPSA) is 66.5 Å². The van der Waals surface area contributed by atoms with Crippen LogP contribution in [0.2, 0.25) is 0 Å². The van der Waals surface area contributed by atoms with E-state index in [1.165, 1.54) is 12.5 Å². The zero-order valence-corrected chi connectivity index (χ0v) is 9.20. The highest BCUT2D eigenvalue weighted by molar-refractivity contribution is 5.85. The van der Waals surface area contributed by atoms with Gasteiger partial charge in [-0.1, -0.05) is 18.6 Å². The summed E-state index contributed by atoms with van der Waals surface area (Å²) >= 11 is 0. The Labute approximate surface area is 95.3 Å². The van der Waals surface area contributed by atoms with Crippen LogP contribution in [0, 0.1) is 5.92 Å². The van der Waals surface area contributed by atoms with Gasteiger partial charge in [0.2, 0.25) is 0 Å². The highest BCUT2D eigenvalue weighted by Crippen LogP contribution is 2.41. The van der Waals surface area contributed by atoms with Crippen molar-refractivity contribution in [3.05, 3.63) is 23.8 Å². The van der Waals surface area contributed by atoms with Crippen molar-refractivity contribution < 1.29 is 10.2 Å². The molecule has 1 atom stereocenters. The molecule has 0 spiro atoms. The number of halogens is 1. The second kappa shape index (κ2) is 4.73. The molecule has 1 aromatic rings. The Hall–Kier alpha value is -0.930. The van der Waals surface area contributed by atoms with Crippen LogP contribution in [0.25, 0.3) is 0 Å². The highest BCUT2D eigenvalue weighted by Gasteiger charge is 2.27. The minimum absolute atomic E-state index is 0. The number of aromatic hydroxyl groups is 2. The van der Waals surface area contributed by atoms with Gasteiger partial charge in [0, 0.05) is 11.6 Å². The van der Waals surface area contributed by atoms with Crippen LogP contribution in [0.4, 0.5) is 0 Å². The Morgan fingerprint density at radius 3 is 2.47 bits per heavy atom. The molecular formula is C11H16ClNO2. The van der Waals surface area contributed by atoms with E-state index in [1.54, 1.807) is 12.1 Å². The number of hydrogen-bond donors (Lipinski definition) is 3. The zero-order valence-electron chi connectivity index (χ0n) is 8.39. The fraction of sp³-hybridized carbons (Fsp3) is 0.455. The molecule has 0 saturated heterocycles. The first-order chi connectivity index (χ1) is 6.70. The lowest BCUT2D eigenvalue weighted by Crippen LogP contribution is -2.26. The SMILES string of the molecule is Cl.N[C@@H](c1cccc(O)c1O)C1CCC1. The van der Waals surface area contributed by atoms with Crippen molar-refractivity contribution >= 4 is 12.4 Å². The van der Waals surface area contributed by atoms with Crippen molar-refractivity contribution in [2.45, 2.75) is 25.3 Å². The Bertz CT molecular complexity index is 339. The summed E-state index contributed by atoms with van der Waals surface area (Å²) in [5, 5.41) is 18.9. The van der Waals surface area contributed by atoms with Crippen LogP contribution >= 0.6 is 12.4 Å². The molecule has 4 heteroatoms. The van der Waals surface area contributed by atoms with E-state index in [9.17, 15) is 10.2 Å². The van der Waals surface area contributed by atoms with Gasteiger partial charge in [-0.15, -0.1) is 12.4 Å². The molecule has 1 aliphatic rings. The largest absolute Gasteiger partial charge is 0.504 e. The average molecular weight is 230 g/mol. The Balaban J connectivity index is 0.00000112. The first kappa shape index (κ1) is 12.1. The standard InChI is InChI=1S/C11H15NO2.ClH/c12-10(7-3-1-4-7)8-5-2-6-9(13)11(8)14;/h2,5-7,10,13-14H,1,3-4,12H2;1H/t10-;/m1./s1. The molecule has 0 heterocycles. The lowest BCUT2D eigenvalue weighted by molar-refractivity contribution is 0.259. The molecule has 0 aromatic heterocycles. The van der Waals surface area contributed by atoms with Gasteiger partial charge in [-0.2, -0.15) is 0 Å². The van der Waals surface area contributed by atoms with Crippen molar-refractivity contribution in [2.75, 3.05) is 0 Å². The van der Waals surface area contributed by atoms with Crippen LogP contribution in [0.3, 0.4) is 0 Å². The van der Waals surface area contributed by atoms with Crippen LogP contribution in [-0.2, 0) is 0 Å². The molecule has 1 saturated carbocycles. The summed E-state index contributed by atoms with van der Waals surface area (Å²) in [6.45, 7) is 0. The van der Waals surface area contributed by atoms with Gasteiger partial charge >= 0.3 is 0 Å². The van der Waals surface area contributed by atoms with Gasteiger partial charge < -0.3 is 15.9 Å². The van der Waals surface area contributed by atoms with E-state index in [1.807, 2.05) is 0 Å². The highest BCUT2D eigenvalue weighted by atomic mass is 35.5. The predicted octanol–water partition coefficient (Wildman–Crippen LogP) is 2.32. The van der Waals surface area contributed by atoms with E-state index < -0.39 is 0 Å². The Kier molecular flexibility index (Phi) is 3.83. The van der Waals surface area contributed by atoms with Crippen LogP contribution in [0.1, 0.15) is 30.9 Å². The van der Waals surface area contributed by atoms with Crippen LogP contribution in [0.5, 0.6) is 11.5 Å². The minimum Gasteiger partial charge on any atom is -0.504 e. The predicted molar refractivity (Wildman–Crippen MR) is 61.3 cm³/mol. The number of hydrogen-bond acceptors (Lipinski definition) is 3. The first-order valence-corrected chi connectivity index (χ1v) is 4.96. The third-order valence-corrected chi connectivity index (χ3v) is 3.06. The maximum Gasteiger partial charge on any atom is 0.162 e. The molecule has 1 fully saturated rings. The average Bonchev–Trinajstić information content (AvgIpc) is 2.06. The third kappa shape index (κ3) is 2.19. The fourth-order valence-electron chi connectivity index (χ4n) is 1.87. The number of para-hydroxylation sites is 1. The molecule has 84 valence electrons. The van der Waals surface area contributed by atoms with Gasteiger partial charge in [0.15, 0.2) is 11.5 Å². The first-order valence-electron chi connectivity index (χ1n) is 4.96. The fourth-order valence-corrected chi connectivity index (χ4v) is 1.87. The molecule has 3 nitrogen and oxygen atoms in total. The lowest BCUT2D eigenvalue weighted by atomic mass is 9.77. The monoisotopic (exact) mass is 229 g/mol. The molecule has 0 amide bonds. The van der Waals surface area contributed by atoms with Gasteiger partial charge in [0.05, 0.1) is 0 Å². The van der Waals surface area contributed by atoms with Crippen molar-refractivity contribution in [1.29, 1.82) is 0 Å². The van der Waals surface area contributed by atoms with Crippen molar-refractivity contribution in [2.24, 2.45) is 11.7 Å². The summed E-state index contributed by atoms with van der Waals surface area (Å²) in [6.07, 6.45) is 3.46. The van der Waals surface area contributed by atoms with Crippen LogP contribution in [0.15, 0.2) is 18.2 Å². The second-order valence-electron chi connectivity index (χ2n) is 3.93. The Morgan fingerprint density at radius 2 is 1.93 bits per heavy atom. The third-order valence-electron chi connectivity index (χ3n) is 3.06. The molecule has 15 heavy (non-hydrogen) atoms. The number of benzene rings is 1. The number of phenols is 2. The molecule has 0 aliphatic heterocycles. The molecule has 0 radical (unpaired) electrons. The number of phenolic OH excluding ortho intramolecular Hbond substituents is 2. The molecule has 0 bridgehead atoms. The Morgan fingerprint density at radius 1 is 1.27 bits per heavy atom. The van der Waals surface area contributed by atoms with E-state index in [0.717, 1.165) is 12.8 Å². The molecule has 4 N–H and O–H groups in total.